The van der Waals surface area contributed by atoms with Gasteiger partial charge in [0.15, 0.2) is 0 Å². The number of hydrogen-bond donors (Lipinski definition) is 2. The van der Waals surface area contributed by atoms with E-state index in [0.717, 1.165) is 18.2 Å². The predicted octanol–water partition coefficient (Wildman–Crippen LogP) is 3.81. The Kier molecular flexibility index (Phi) is 4.90. The summed E-state index contributed by atoms with van der Waals surface area (Å²) in [6.07, 6.45) is -2.44. The lowest BCUT2D eigenvalue weighted by atomic mass is 10.1. The van der Waals surface area contributed by atoms with E-state index in [2.05, 4.69) is 5.32 Å². The topological polar surface area (TPSA) is 78.9 Å². The average Bonchev–Trinajstić information content (AvgIpc) is 2.51. The lowest BCUT2D eigenvalue weighted by Crippen LogP contribution is -2.09. The van der Waals surface area contributed by atoms with Crippen molar-refractivity contribution in [2.45, 2.75) is 6.18 Å². The van der Waals surface area contributed by atoms with Gasteiger partial charge in [0.05, 0.1) is 17.2 Å². The van der Waals surface area contributed by atoms with Crippen LogP contribution in [0.1, 0.15) is 16.7 Å². The largest absolute Gasteiger partial charge is 0.416 e. The maximum absolute atomic E-state index is 12.9. The molecule has 7 heteroatoms. The second-order valence-corrected chi connectivity index (χ2v) is 4.86. The highest BCUT2D eigenvalue weighted by Gasteiger charge is 2.32. The van der Waals surface area contributed by atoms with Crippen LogP contribution in [0, 0.1) is 11.3 Å². The number of carbonyl (C=O) groups excluding carboxylic acids is 1. The second kappa shape index (κ2) is 6.87. The number of halogens is 3. The highest BCUT2D eigenvalue weighted by Crippen LogP contribution is 2.32. The first kappa shape index (κ1) is 17.1. The monoisotopic (exact) mass is 331 g/mol. The number of benzene rings is 2. The first-order valence-corrected chi connectivity index (χ1v) is 6.75. The molecule has 0 aliphatic carbocycles. The van der Waals surface area contributed by atoms with Gasteiger partial charge < -0.3 is 11.1 Å². The van der Waals surface area contributed by atoms with E-state index in [-0.39, 0.29) is 22.5 Å². The fourth-order valence-electron chi connectivity index (χ4n) is 2.04. The molecule has 1 amide bonds. The number of nitrogen functional groups attached to an aromatic ring is 1. The molecule has 0 saturated carbocycles. The van der Waals surface area contributed by atoms with Crippen LogP contribution >= 0.6 is 0 Å². The molecule has 2 rings (SSSR count). The number of nitrogens with zero attached hydrogens (tertiary/aromatic N) is 1. The molecule has 0 unspecified atom stereocenters. The third kappa shape index (κ3) is 4.36. The number of rotatable bonds is 3. The summed E-state index contributed by atoms with van der Waals surface area (Å²) >= 11 is 0. The molecule has 0 heterocycles. The van der Waals surface area contributed by atoms with Crippen molar-refractivity contribution in [1.82, 2.24) is 0 Å². The van der Waals surface area contributed by atoms with Gasteiger partial charge in [-0.1, -0.05) is 18.2 Å². The summed E-state index contributed by atoms with van der Waals surface area (Å²) < 4.78 is 38.6. The number of hydrogen-bond acceptors (Lipinski definition) is 3. The zero-order valence-electron chi connectivity index (χ0n) is 12.3. The molecular formula is C17H12F3N3O. The van der Waals surface area contributed by atoms with Gasteiger partial charge in [-0.3, -0.25) is 4.79 Å². The van der Waals surface area contributed by atoms with E-state index >= 15 is 0 Å². The highest BCUT2D eigenvalue weighted by atomic mass is 19.4. The molecule has 0 bridgehead atoms. The lowest BCUT2D eigenvalue weighted by molar-refractivity contribution is -0.137. The number of nitrogens with one attached hydrogen (secondary N) is 1. The van der Waals surface area contributed by atoms with Crippen LogP contribution < -0.4 is 11.1 Å². The van der Waals surface area contributed by atoms with Crippen molar-refractivity contribution in [2.75, 3.05) is 11.1 Å². The number of nitriles is 1. The average molecular weight is 331 g/mol. The summed E-state index contributed by atoms with van der Waals surface area (Å²) in [6.45, 7) is 0. The Balaban J connectivity index is 2.18. The molecule has 0 fully saturated rings. The van der Waals surface area contributed by atoms with E-state index in [1.54, 1.807) is 0 Å². The van der Waals surface area contributed by atoms with E-state index in [0.29, 0.717) is 0 Å². The van der Waals surface area contributed by atoms with E-state index in [9.17, 15) is 18.0 Å². The molecule has 0 aliphatic heterocycles. The van der Waals surface area contributed by atoms with Gasteiger partial charge in [-0.2, -0.15) is 18.4 Å². The van der Waals surface area contributed by atoms with Gasteiger partial charge in [-0.15, -0.1) is 0 Å². The van der Waals surface area contributed by atoms with E-state index in [1.165, 1.54) is 36.4 Å². The molecule has 0 aliphatic rings. The molecule has 3 N–H and O–H groups in total. The summed E-state index contributed by atoms with van der Waals surface area (Å²) in [4.78, 5) is 11.9. The Labute approximate surface area is 136 Å². The Bertz CT molecular complexity index is 836. The van der Waals surface area contributed by atoms with Crippen LogP contribution in [0.5, 0.6) is 0 Å². The van der Waals surface area contributed by atoms with Crippen LogP contribution in [0.15, 0.2) is 48.5 Å². The fraction of sp³-hybridized carbons (Fsp3) is 0.0588. The summed E-state index contributed by atoms with van der Waals surface area (Å²) in [6, 6.07) is 11.1. The van der Waals surface area contributed by atoms with Gasteiger partial charge in [-0.25, -0.2) is 0 Å². The fourth-order valence-corrected chi connectivity index (χ4v) is 2.04. The number of anilines is 2. The maximum Gasteiger partial charge on any atom is 0.416 e. The number of alkyl halides is 3. The first-order valence-electron chi connectivity index (χ1n) is 6.75. The molecular weight excluding hydrogens is 319 g/mol. The summed E-state index contributed by atoms with van der Waals surface area (Å²) in [5.41, 5.74) is 5.48. The van der Waals surface area contributed by atoms with Gasteiger partial charge in [0.25, 0.3) is 0 Å². The van der Waals surface area contributed by atoms with Crippen molar-refractivity contribution in [1.29, 1.82) is 5.26 Å². The van der Waals surface area contributed by atoms with Crippen LogP contribution in [0.3, 0.4) is 0 Å². The molecule has 0 saturated heterocycles. The molecule has 2 aromatic carbocycles. The lowest BCUT2D eigenvalue weighted by Gasteiger charge is -2.09. The van der Waals surface area contributed by atoms with Crippen molar-refractivity contribution in [3.05, 3.63) is 65.2 Å². The minimum Gasteiger partial charge on any atom is -0.399 e. The molecule has 122 valence electrons. The van der Waals surface area contributed by atoms with Crippen molar-refractivity contribution >= 4 is 23.4 Å². The van der Waals surface area contributed by atoms with Crippen molar-refractivity contribution in [2.24, 2.45) is 0 Å². The Morgan fingerprint density at radius 3 is 2.58 bits per heavy atom. The molecule has 24 heavy (non-hydrogen) atoms. The number of amides is 1. The normalized spacial score (nSPS) is 11.2. The second-order valence-electron chi connectivity index (χ2n) is 4.86. The van der Waals surface area contributed by atoms with Gasteiger partial charge in [0.2, 0.25) is 5.91 Å². The molecule has 0 aromatic heterocycles. The molecule has 0 spiro atoms. The van der Waals surface area contributed by atoms with Crippen LogP contribution in [0.4, 0.5) is 24.5 Å². The first-order chi connectivity index (χ1) is 11.3. The SMILES string of the molecule is N#Cc1cc(N)cc(NC(=O)/C=C/c2ccccc2C(F)(F)F)c1. The van der Waals surface area contributed by atoms with Crippen LogP contribution in [0.25, 0.3) is 6.08 Å². The minimum absolute atomic E-state index is 0.120. The van der Waals surface area contributed by atoms with Crippen LogP contribution in [-0.2, 0) is 11.0 Å². The minimum atomic E-state index is -4.51. The zero-order chi connectivity index (χ0) is 17.7. The Morgan fingerprint density at radius 2 is 1.92 bits per heavy atom. The standard InChI is InChI=1S/C17H12F3N3O/c18-17(19,20)15-4-2-1-3-12(15)5-6-16(24)23-14-8-11(10-21)7-13(22)9-14/h1-9H,22H2,(H,23,24)/b6-5+. The molecule has 0 atom stereocenters. The van der Waals surface area contributed by atoms with Gasteiger partial charge >= 0.3 is 6.18 Å². The Hall–Kier alpha value is -3.27. The molecule has 4 nitrogen and oxygen atoms in total. The predicted molar refractivity (Wildman–Crippen MR) is 84.7 cm³/mol. The van der Waals surface area contributed by atoms with Crippen molar-refractivity contribution < 1.29 is 18.0 Å². The molecule has 2 aromatic rings. The summed E-state index contributed by atoms with van der Waals surface area (Å²) in [5, 5.41) is 11.3. The van der Waals surface area contributed by atoms with Gasteiger partial charge in [-0.05, 0) is 35.9 Å². The maximum atomic E-state index is 12.9. The summed E-state index contributed by atoms with van der Waals surface area (Å²) in [7, 11) is 0. The van der Waals surface area contributed by atoms with E-state index < -0.39 is 17.6 Å². The third-order valence-electron chi connectivity index (χ3n) is 3.03. The van der Waals surface area contributed by atoms with Crippen LogP contribution in [0.2, 0.25) is 0 Å². The molecule has 0 radical (unpaired) electrons. The summed E-state index contributed by atoms with van der Waals surface area (Å²) in [5.74, 6) is -0.638. The number of nitrogens with two attached hydrogens (primary N) is 1. The Morgan fingerprint density at radius 1 is 1.21 bits per heavy atom. The van der Waals surface area contributed by atoms with Crippen molar-refractivity contribution in [3.63, 3.8) is 0 Å². The quantitative estimate of drug-likeness (QED) is 0.663. The van der Waals surface area contributed by atoms with Crippen molar-refractivity contribution in [3.8, 4) is 6.07 Å². The third-order valence-corrected chi connectivity index (χ3v) is 3.03. The number of carbonyl (C=O) groups is 1. The van der Waals surface area contributed by atoms with E-state index in [1.807, 2.05) is 6.07 Å². The smallest absolute Gasteiger partial charge is 0.399 e. The van der Waals surface area contributed by atoms with Gasteiger partial charge in [0, 0.05) is 17.5 Å². The highest BCUT2D eigenvalue weighted by molar-refractivity contribution is 6.02. The van der Waals surface area contributed by atoms with Crippen LogP contribution in [-0.4, -0.2) is 5.91 Å². The van der Waals surface area contributed by atoms with E-state index in [4.69, 9.17) is 11.0 Å². The van der Waals surface area contributed by atoms with Gasteiger partial charge in [0.1, 0.15) is 0 Å². The zero-order valence-corrected chi connectivity index (χ0v) is 12.3.